The number of carbonyl (C=O) groups excluding carboxylic acids is 2. The smallest absolute Gasteiger partial charge is 0.260 e. The van der Waals surface area contributed by atoms with E-state index in [1.54, 1.807) is 29.3 Å². The topological polar surface area (TPSA) is 119 Å². The van der Waals surface area contributed by atoms with Gasteiger partial charge in [-0.2, -0.15) is 5.10 Å². The van der Waals surface area contributed by atoms with E-state index >= 15 is 0 Å². The lowest BCUT2D eigenvalue weighted by Gasteiger charge is -2.20. The number of likely N-dealkylation sites (tertiary alicyclic amines) is 1. The second-order valence-corrected chi connectivity index (χ2v) is 10.3. The van der Waals surface area contributed by atoms with E-state index in [-0.39, 0.29) is 11.8 Å². The van der Waals surface area contributed by atoms with Crippen molar-refractivity contribution in [3.8, 4) is 16.3 Å². The molecule has 4 aromatic heterocycles. The van der Waals surface area contributed by atoms with Gasteiger partial charge in [0.05, 0.1) is 46.3 Å². The molecule has 0 spiro atoms. The Balaban J connectivity index is 1.29. The van der Waals surface area contributed by atoms with E-state index in [1.807, 2.05) is 19.4 Å². The van der Waals surface area contributed by atoms with E-state index in [4.69, 9.17) is 4.74 Å². The second kappa shape index (κ2) is 10.3. The molecule has 0 aromatic carbocycles. The Labute approximate surface area is 218 Å². The predicted molar refractivity (Wildman–Crippen MR) is 141 cm³/mol. The van der Waals surface area contributed by atoms with E-state index in [9.17, 15) is 9.59 Å². The molecule has 0 unspecified atom stereocenters. The van der Waals surface area contributed by atoms with E-state index in [0.29, 0.717) is 45.8 Å². The molecule has 1 aliphatic rings. The zero-order valence-electron chi connectivity index (χ0n) is 21.3. The first-order valence-electron chi connectivity index (χ1n) is 12.2. The Bertz CT molecular complexity index is 1460. The van der Waals surface area contributed by atoms with E-state index in [1.165, 1.54) is 36.6 Å². The van der Waals surface area contributed by atoms with E-state index in [2.05, 4.69) is 37.6 Å². The molecule has 2 amide bonds. The van der Waals surface area contributed by atoms with Crippen LogP contribution in [0.2, 0.25) is 0 Å². The third kappa shape index (κ3) is 5.07. The van der Waals surface area contributed by atoms with Crippen LogP contribution >= 0.6 is 11.3 Å². The van der Waals surface area contributed by atoms with Crippen LogP contribution in [0.25, 0.3) is 15.3 Å². The Hall–Kier alpha value is -3.77. The molecule has 0 radical (unpaired) electrons. The van der Waals surface area contributed by atoms with Gasteiger partial charge in [0, 0.05) is 44.8 Å². The summed E-state index contributed by atoms with van der Waals surface area (Å²) in [5, 5.41) is 14.5. The van der Waals surface area contributed by atoms with Crippen LogP contribution in [0.4, 0.5) is 5.69 Å². The Morgan fingerprint density at radius 3 is 2.84 bits per heavy atom. The van der Waals surface area contributed by atoms with Crippen molar-refractivity contribution in [1.82, 2.24) is 34.6 Å². The van der Waals surface area contributed by atoms with Crippen LogP contribution in [0.5, 0.6) is 5.88 Å². The summed E-state index contributed by atoms with van der Waals surface area (Å²) >= 11 is 1.42. The van der Waals surface area contributed by atoms with Crippen molar-refractivity contribution >= 4 is 33.7 Å². The minimum Gasteiger partial charge on any atom is -0.479 e. The summed E-state index contributed by atoms with van der Waals surface area (Å²) in [6.45, 7) is 6.46. The van der Waals surface area contributed by atoms with Crippen molar-refractivity contribution in [2.75, 3.05) is 32.1 Å². The number of anilines is 1. The highest BCUT2D eigenvalue weighted by Gasteiger charge is 2.21. The number of aryl methyl sites for hydroxylation is 2. The molecule has 4 aromatic rings. The van der Waals surface area contributed by atoms with Crippen molar-refractivity contribution in [3.63, 3.8) is 0 Å². The molecule has 1 aliphatic heterocycles. The van der Waals surface area contributed by atoms with Gasteiger partial charge in [0.1, 0.15) is 4.83 Å². The van der Waals surface area contributed by atoms with Gasteiger partial charge in [-0.1, -0.05) is 0 Å². The molecule has 0 aliphatic carbocycles. The number of methoxy groups -OCH3 is 1. The minimum absolute atomic E-state index is 0.212. The molecule has 37 heavy (non-hydrogen) atoms. The average molecular weight is 523 g/mol. The highest BCUT2D eigenvalue weighted by Crippen LogP contribution is 2.35. The second-order valence-electron chi connectivity index (χ2n) is 9.22. The summed E-state index contributed by atoms with van der Waals surface area (Å²) in [6.07, 6.45) is 9.17. The quantitative estimate of drug-likeness (QED) is 0.365. The molecule has 0 bridgehead atoms. The van der Waals surface area contributed by atoms with Crippen LogP contribution in [0.3, 0.4) is 0 Å². The van der Waals surface area contributed by atoms with Crippen LogP contribution in [0.15, 0.2) is 30.9 Å². The molecule has 1 saturated heterocycles. The summed E-state index contributed by atoms with van der Waals surface area (Å²) in [6, 6.07) is 2.22. The fourth-order valence-corrected chi connectivity index (χ4v) is 5.63. The molecule has 0 saturated carbocycles. The van der Waals surface area contributed by atoms with Crippen molar-refractivity contribution in [3.05, 3.63) is 47.7 Å². The lowest BCUT2D eigenvalue weighted by Crippen LogP contribution is -2.36. The maximum Gasteiger partial charge on any atom is 0.260 e. The van der Waals surface area contributed by atoms with Gasteiger partial charge in [-0.25, -0.2) is 4.52 Å². The lowest BCUT2D eigenvalue weighted by atomic mass is 10.2. The van der Waals surface area contributed by atoms with Gasteiger partial charge in [-0.3, -0.25) is 24.2 Å². The summed E-state index contributed by atoms with van der Waals surface area (Å²) in [5.41, 5.74) is 2.75. The summed E-state index contributed by atoms with van der Waals surface area (Å²) < 4.78 is 8.71. The number of nitrogens with one attached hydrogen (secondary N) is 2. The van der Waals surface area contributed by atoms with Gasteiger partial charge in [-0.05, 0) is 39.3 Å². The number of pyridine rings is 1. The molecule has 194 valence electrons. The average Bonchev–Trinajstić information content (AvgIpc) is 3.64. The minimum atomic E-state index is -0.327. The predicted octanol–water partition coefficient (Wildman–Crippen LogP) is 2.97. The lowest BCUT2D eigenvalue weighted by molar-refractivity contribution is 0.0946. The van der Waals surface area contributed by atoms with Gasteiger partial charge >= 0.3 is 0 Å². The standard InChI is InChI=1S/C25H30N8O3S/c1-15-6-5-8-32(15)9-7-26-22(34)17-10-20(16(2)27-11-17)29-23(35)18-12-28-33-14-21(37-25(18)33)19-13-31(3)30-24(19)36-4/h10-15H,5-9H2,1-4H3,(H,26,34)(H,29,35)/t15-/m0/s1. The maximum atomic E-state index is 13.2. The molecule has 11 nitrogen and oxygen atoms in total. The molecule has 12 heteroatoms. The third-order valence-corrected chi connectivity index (χ3v) is 7.81. The fraction of sp³-hybridized carbons (Fsp3) is 0.400. The number of fused-ring (bicyclic) bond motifs is 1. The summed E-state index contributed by atoms with van der Waals surface area (Å²) in [4.78, 5) is 34.2. The van der Waals surface area contributed by atoms with Gasteiger partial charge in [0.25, 0.3) is 11.8 Å². The monoisotopic (exact) mass is 522 g/mol. The van der Waals surface area contributed by atoms with E-state index in [0.717, 1.165) is 23.5 Å². The Morgan fingerprint density at radius 1 is 1.24 bits per heavy atom. The van der Waals surface area contributed by atoms with Crippen LogP contribution in [-0.4, -0.2) is 73.9 Å². The number of hydrogen-bond acceptors (Lipinski definition) is 8. The van der Waals surface area contributed by atoms with Crippen molar-refractivity contribution < 1.29 is 14.3 Å². The van der Waals surface area contributed by atoms with Gasteiger partial charge in [0.2, 0.25) is 5.88 Å². The summed E-state index contributed by atoms with van der Waals surface area (Å²) in [7, 11) is 3.39. The Kier molecular flexibility index (Phi) is 6.94. The molecular weight excluding hydrogens is 492 g/mol. The number of nitrogens with zero attached hydrogens (tertiary/aromatic N) is 6. The number of aromatic nitrogens is 5. The first-order chi connectivity index (χ1) is 17.8. The number of ether oxygens (including phenoxy) is 1. The largest absolute Gasteiger partial charge is 0.479 e. The normalized spacial score (nSPS) is 15.8. The number of rotatable bonds is 8. The molecular formula is C25H30N8O3S. The highest BCUT2D eigenvalue weighted by molar-refractivity contribution is 7.21. The van der Waals surface area contributed by atoms with Crippen molar-refractivity contribution in [2.45, 2.75) is 32.7 Å². The molecule has 1 fully saturated rings. The fourth-order valence-electron chi connectivity index (χ4n) is 4.57. The van der Waals surface area contributed by atoms with Crippen LogP contribution in [0.1, 0.15) is 46.2 Å². The number of thiazole rings is 1. The first kappa shape index (κ1) is 24.9. The molecule has 1 atom stereocenters. The van der Waals surface area contributed by atoms with E-state index < -0.39 is 0 Å². The first-order valence-corrected chi connectivity index (χ1v) is 13.0. The molecule has 5 heterocycles. The van der Waals surface area contributed by atoms with Crippen LogP contribution < -0.4 is 15.4 Å². The number of hydrogen-bond donors (Lipinski definition) is 2. The maximum absolute atomic E-state index is 13.2. The Morgan fingerprint density at radius 2 is 2.08 bits per heavy atom. The van der Waals surface area contributed by atoms with Crippen LogP contribution in [0, 0.1) is 6.92 Å². The van der Waals surface area contributed by atoms with Gasteiger partial charge in [-0.15, -0.1) is 16.4 Å². The zero-order valence-corrected chi connectivity index (χ0v) is 22.1. The molecule has 5 rings (SSSR count). The third-order valence-electron chi connectivity index (χ3n) is 6.67. The highest BCUT2D eigenvalue weighted by atomic mass is 32.1. The summed E-state index contributed by atoms with van der Waals surface area (Å²) in [5.74, 6) is -0.0344. The number of amides is 2. The number of carbonyl (C=O) groups is 2. The van der Waals surface area contributed by atoms with Crippen LogP contribution in [-0.2, 0) is 7.05 Å². The van der Waals surface area contributed by atoms with Crippen molar-refractivity contribution in [1.29, 1.82) is 0 Å². The SMILES string of the molecule is COc1nn(C)cc1-c1cn2ncc(C(=O)Nc3cc(C(=O)NCCN4CCC[C@@H]4C)cnc3C)c2s1. The van der Waals surface area contributed by atoms with Gasteiger partial charge in [0.15, 0.2) is 0 Å². The van der Waals surface area contributed by atoms with Crippen molar-refractivity contribution in [2.24, 2.45) is 7.05 Å². The van der Waals surface area contributed by atoms with Gasteiger partial charge < -0.3 is 15.4 Å². The zero-order chi connectivity index (χ0) is 26.1. The molecule has 2 N–H and O–H groups in total.